The van der Waals surface area contributed by atoms with E-state index in [1.807, 2.05) is 24.4 Å². The summed E-state index contributed by atoms with van der Waals surface area (Å²) in [7, 11) is 0. The van der Waals surface area contributed by atoms with Gasteiger partial charge in [-0.15, -0.1) is 0 Å². The zero-order valence-corrected chi connectivity index (χ0v) is 9.05. The first-order chi connectivity index (χ1) is 7.34. The number of fused-ring (bicyclic) bond motifs is 1. The van der Waals surface area contributed by atoms with Crippen LogP contribution in [-0.2, 0) is 0 Å². The van der Waals surface area contributed by atoms with Crippen molar-refractivity contribution in [3.8, 4) is 5.75 Å². The Bertz CT molecular complexity index is 487. The Kier molecular flexibility index (Phi) is 2.10. The van der Waals surface area contributed by atoms with Gasteiger partial charge in [-0.3, -0.25) is 0 Å². The van der Waals surface area contributed by atoms with Crippen molar-refractivity contribution >= 4 is 22.5 Å². The second-order valence-corrected chi connectivity index (χ2v) is 4.45. The lowest BCUT2D eigenvalue weighted by atomic mass is 10.2. The predicted octanol–water partition coefficient (Wildman–Crippen LogP) is 3.61. The fourth-order valence-electron chi connectivity index (χ4n) is 1.68. The van der Waals surface area contributed by atoms with Gasteiger partial charge >= 0.3 is 0 Å². The third kappa shape index (κ3) is 1.70. The Labute approximate surface area is 93.2 Å². The van der Waals surface area contributed by atoms with E-state index in [0.29, 0.717) is 0 Å². The maximum Gasteiger partial charge on any atom is 0.138 e. The molecule has 3 heteroatoms. The quantitative estimate of drug-likeness (QED) is 0.842. The number of hydrogen-bond acceptors (Lipinski definition) is 1. The summed E-state index contributed by atoms with van der Waals surface area (Å²) in [5.41, 5.74) is 1.05. The first-order valence-electron chi connectivity index (χ1n) is 5.23. The van der Waals surface area contributed by atoms with Crippen LogP contribution >= 0.6 is 11.6 Å². The van der Waals surface area contributed by atoms with Crippen molar-refractivity contribution in [3.05, 3.63) is 29.4 Å². The third-order valence-corrected chi connectivity index (χ3v) is 3.19. The first-order valence-corrected chi connectivity index (χ1v) is 5.61. The highest BCUT2D eigenvalue weighted by molar-refractivity contribution is 6.36. The molecule has 3 rings (SSSR count). The number of ether oxygens (including phenoxy) is 1. The summed E-state index contributed by atoms with van der Waals surface area (Å²) in [6, 6.07) is 5.91. The van der Waals surface area contributed by atoms with Crippen LogP contribution in [0, 0.1) is 5.92 Å². The van der Waals surface area contributed by atoms with Gasteiger partial charge < -0.3 is 9.72 Å². The summed E-state index contributed by atoms with van der Waals surface area (Å²) < 4.78 is 5.69. The van der Waals surface area contributed by atoms with Gasteiger partial charge in [-0.2, -0.15) is 0 Å². The fourth-order valence-corrected chi connectivity index (χ4v) is 1.96. The van der Waals surface area contributed by atoms with Crippen LogP contribution in [0.3, 0.4) is 0 Å². The molecule has 2 aromatic rings. The van der Waals surface area contributed by atoms with Crippen molar-refractivity contribution in [3.63, 3.8) is 0 Å². The molecule has 2 nitrogen and oxygen atoms in total. The van der Waals surface area contributed by atoms with Crippen LogP contribution in [0.5, 0.6) is 5.75 Å². The molecular weight excluding hydrogens is 210 g/mol. The molecular formula is C12H12ClNO. The normalized spacial score (nSPS) is 15.8. The van der Waals surface area contributed by atoms with Crippen LogP contribution in [0.1, 0.15) is 12.8 Å². The van der Waals surface area contributed by atoms with Gasteiger partial charge in [0.15, 0.2) is 0 Å². The van der Waals surface area contributed by atoms with E-state index in [0.717, 1.165) is 34.2 Å². The average molecular weight is 222 g/mol. The molecule has 0 radical (unpaired) electrons. The van der Waals surface area contributed by atoms with E-state index in [4.69, 9.17) is 16.3 Å². The molecule has 0 spiro atoms. The molecule has 1 aromatic heterocycles. The third-order valence-electron chi connectivity index (χ3n) is 2.80. The van der Waals surface area contributed by atoms with Crippen molar-refractivity contribution < 1.29 is 4.74 Å². The van der Waals surface area contributed by atoms with Gasteiger partial charge in [0, 0.05) is 17.1 Å². The standard InChI is InChI=1S/C12H12ClNO/c13-12-9-5-6-14-10(9)3-4-11(12)15-7-8-1-2-8/h3-6,8,14H,1-2,7H2. The predicted molar refractivity (Wildman–Crippen MR) is 61.5 cm³/mol. The van der Waals surface area contributed by atoms with Gasteiger partial charge in [0.05, 0.1) is 11.6 Å². The highest BCUT2D eigenvalue weighted by Crippen LogP contribution is 2.35. The summed E-state index contributed by atoms with van der Waals surface area (Å²) in [5, 5.41) is 1.75. The monoisotopic (exact) mass is 221 g/mol. The van der Waals surface area contributed by atoms with Crippen molar-refractivity contribution in [2.75, 3.05) is 6.61 Å². The molecule has 1 aliphatic carbocycles. The van der Waals surface area contributed by atoms with Crippen molar-refractivity contribution in [1.82, 2.24) is 4.98 Å². The molecule has 0 atom stereocenters. The number of rotatable bonds is 3. The van der Waals surface area contributed by atoms with E-state index in [-0.39, 0.29) is 0 Å². The maximum absolute atomic E-state index is 6.24. The van der Waals surface area contributed by atoms with Gasteiger partial charge in [0.1, 0.15) is 5.75 Å². The Morgan fingerprint density at radius 1 is 1.33 bits per heavy atom. The molecule has 0 bridgehead atoms. The minimum absolute atomic E-state index is 0.717. The van der Waals surface area contributed by atoms with E-state index in [9.17, 15) is 0 Å². The van der Waals surface area contributed by atoms with Gasteiger partial charge in [0.2, 0.25) is 0 Å². The van der Waals surface area contributed by atoms with Crippen LogP contribution in [0.25, 0.3) is 10.9 Å². The Morgan fingerprint density at radius 2 is 2.20 bits per heavy atom. The van der Waals surface area contributed by atoms with Crippen LogP contribution in [0.2, 0.25) is 5.02 Å². The lowest BCUT2D eigenvalue weighted by Gasteiger charge is -2.07. The summed E-state index contributed by atoms with van der Waals surface area (Å²) >= 11 is 6.24. The van der Waals surface area contributed by atoms with Gasteiger partial charge in [-0.25, -0.2) is 0 Å². The van der Waals surface area contributed by atoms with Crippen molar-refractivity contribution in [1.29, 1.82) is 0 Å². The summed E-state index contributed by atoms with van der Waals surface area (Å²) in [4.78, 5) is 3.12. The highest BCUT2D eigenvalue weighted by atomic mass is 35.5. The van der Waals surface area contributed by atoms with Crippen molar-refractivity contribution in [2.45, 2.75) is 12.8 Å². The number of aromatic nitrogens is 1. The number of aromatic amines is 1. The molecule has 1 aliphatic rings. The molecule has 0 amide bonds. The second kappa shape index (κ2) is 3.46. The first kappa shape index (κ1) is 9.10. The molecule has 15 heavy (non-hydrogen) atoms. The molecule has 0 unspecified atom stereocenters. The number of benzene rings is 1. The lowest BCUT2D eigenvalue weighted by Crippen LogP contribution is -1.99. The number of nitrogens with one attached hydrogen (secondary N) is 1. The molecule has 1 N–H and O–H groups in total. The zero-order chi connectivity index (χ0) is 10.3. The largest absolute Gasteiger partial charge is 0.492 e. The number of halogens is 1. The van der Waals surface area contributed by atoms with E-state index in [2.05, 4.69) is 4.98 Å². The van der Waals surface area contributed by atoms with E-state index in [1.165, 1.54) is 12.8 Å². The van der Waals surface area contributed by atoms with Crippen LogP contribution in [0.15, 0.2) is 24.4 Å². The summed E-state index contributed by atoms with van der Waals surface area (Å²) in [6.07, 6.45) is 4.48. The van der Waals surface area contributed by atoms with Gasteiger partial charge in [-0.1, -0.05) is 11.6 Å². The van der Waals surface area contributed by atoms with Gasteiger partial charge in [0.25, 0.3) is 0 Å². The second-order valence-electron chi connectivity index (χ2n) is 4.07. The number of H-pyrrole nitrogens is 1. The molecule has 1 fully saturated rings. The zero-order valence-electron chi connectivity index (χ0n) is 8.29. The molecule has 1 aromatic carbocycles. The molecule has 1 heterocycles. The van der Waals surface area contributed by atoms with Crippen LogP contribution < -0.4 is 4.74 Å². The minimum atomic E-state index is 0.717. The smallest absolute Gasteiger partial charge is 0.138 e. The summed E-state index contributed by atoms with van der Waals surface area (Å²) in [6.45, 7) is 0.801. The van der Waals surface area contributed by atoms with Crippen LogP contribution in [-0.4, -0.2) is 11.6 Å². The molecule has 78 valence electrons. The Balaban J connectivity index is 1.91. The topological polar surface area (TPSA) is 25.0 Å². The maximum atomic E-state index is 6.24. The SMILES string of the molecule is Clc1c(OCC2CC2)ccc2[nH]ccc12. The summed E-state index contributed by atoms with van der Waals surface area (Å²) in [5.74, 6) is 1.55. The minimum Gasteiger partial charge on any atom is -0.492 e. The van der Waals surface area contributed by atoms with Gasteiger partial charge in [-0.05, 0) is 37.0 Å². The average Bonchev–Trinajstić information content (AvgIpc) is 2.93. The Morgan fingerprint density at radius 3 is 3.00 bits per heavy atom. The lowest BCUT2D eigenvalue weighted by molar-refractivity contribution is 0.300. The number of hydrogen-bond donors (Lipinski definition) is 1. The van der Waals surface area contributed by atoms with Crippen molar-refractivity contribution in [2.24, 2.45) is 5.92 Å². The van der Waals surface area contributed by atoms with E-state index in [1.54, 1.807) is 0 Å². The highest BCUT2D eigenvalue weighted by Gasteiger charge is 2.22. The van der Waals surface area contributed by atoms with E-state index >= 15 is 0 Å². The van der Waals surface area contributed by atoms with E-state index < -0.39 is 0 Å². The van der Waals surface area contributed by atoms with Crippen LogP contribution in [0.4, 0.5) is 0 Å². The Hall–Kier alpha value is -1.15. The molecule has 0 saturated heterocycles. The molecule has 1 saturated carbocycles. The molecule has 0 aliphatic heterocycles. The fraction of sp³-hybridized carbons (Fsp3) is 0.333.